The van der Waals surface area contributed by atoms with Crippen LogP contribution in [0.2, 0.25) is 0 Å². The van der Waals surface area contributed by atoms with Gasteiger partial charge in [0.2, 0.25) is 0 Å². The zero-order chi connectivity index (χ0) is 21.8. The summed E-state index contributed by atoms with van der Waals surface area (Å²) in [5.41, 5.74) is 1.77. The lowest BCUT2D eigenvalue weighted by Gasteiger charge is -2.34. The van der Waals surface area contributed by atoms with Crippen molar-refractivity contribution in [1.82, 2.24) is 5.32 Å². The molecule has 4 aliphatic rings. The summed E-state index contributed by atoms with van der Waals surface area (Å²) in [5.74, 6) is 2.87. The molecule has 3 N–H and O–H groups in total. The summed E-state index contributed by atoms with van der Waals surface area (Å²) in [6.45, 7) is 0.229. The van der Waals surface area contributed by atoms with E-state index in [0.717, 1.165) is 35.8 Å². The van der Waals surface area contributed by atoms with Crippen LogP contribution in [0.5, 0.6) is 23.0 Å². The highest BCUT2D eigenvalue weighted by Crippen LogP contribution is 2.67. The summed E-state index contributed by atoms with van der Waals surface area (Å²) in [6.07, 6.45) is 5.89. The summed E-state index contributed by atoms with van der Waals surface area (Å²) in [5, 5.41) is 24.0. The van der Waals surface area contributed by atoms with E-state index in [1.165, 1.54) is 25.3 Å². The average Bonchev–Trinajstić information content (AvgIpc) is 3.15. The molecule has 4 bridgehead atoms. The Balaban J connectivity index is 1.41. The molecule has 0 radical (unpaired) electrons. The van der Waals surface area contributed by atoms with Crippen LogP contribution in [0.1, 0.15) is 53.6 Å². The second-order valence-electron chi connectivity index (χ2n) is 9.45. The Hall–Kier alpha value is -2.89. The average molecular weight is 424 g/mol. The number of aromatic hydroxyl groups is 2. The van der Waals surface area contributed by atoms with Crippen LogP contribution < -0.4 is 14.8 Å². The third kappa shape index (κ3) is 3.20. The maximum Gasteiger partial charge on any atom is 0.255 e. The summed E-state index contributed by atoms with van der Waals surface area (Å²) in [4.78, 5) is 13.0. The lowest BCUT2D eigenvalue weighted by Crippen LogP contribution is -2.29. The highest BCUT2D eigenvalue weighted by atomic mass is 16.5. The molecular formula is C25H29NO5. The van der Waals surface area contributed by atoms with Gasteiger partial charge in [-0.3, -0.25) is 4.79 Å². The highest BCUT2D eigenvalue weighted by Gasteiger charge is 2.59. The zero-order valence-corrected chi connectivity index (χ0v) is 18.0. The Bertz CT molecular complexity index is 1020. The van der Waals surface area contributed by atoms with Crippen LogP contribution >= 0.6 is 0 Å². The Labute approximate surface area is 182 Å². The van der Waals surface area contributed by atoms with Gasteiger partial charge in [-0.15, -0.1) is 0 Å². The molecule has 0 saturated heterocycles. The van der Waals surface area contributed by atoms with Crippen molar-refractivity contribution in [2.75, 3.05) is 14.2 Å². The van der Waals surface area contributed by atoms with Gasteiger partial charge in [-0.1, -0.05) is 0 Å². The van der Waals surface area contributed by atoms with Crippen LogP contribution in [0.25, 0.3) is 0 Å². The Morgan fingerprint density at radius 2 is 1.77 bits per heavy atom. The molecule has 6 rings (SSSR count). The van der Waals surface area contributed by atoms with Gasteiger partial charge in [0.05, 0.1) is 19.8 Å². The lowest BCUT2D eigenvalue weighted by molar-refractivity contribution is 0.0947. The molecule has 4 aliphatic carbocycles. The number of phenols is 2. The second-order valence-corrected chi connectivity index (χ2v) is 9.45. The zero-order valence-electron chi connectivity index (χ0n) is 18.0. The lowest BCUT2D eigenvalue weighted by atomic mass is 9.70. The molecule has 6 nitrogen and oxygen atoms in total. The van der Waals surface area contributed by atoms with Crippen molar-refractivity contribution in [3.8, 4) is 23.0 Å². The summed E-state index contributed by atoms with van der Waals surface area (Å²) in [7, 11) is 3.16. The van der Waals surface area contributed by atoms with Crippen LogP contribution in [-0.2, 0) is 12.0 Å². The molecule has 6 heteroatoms. The molecule has 2 aromatic rings. The first-order chi connectivity index (χ1) is 14.9. The van der Waals surface area contributed by atoms with Crippen LogP contribution in [0.4, 0.5) is 0 Å². The van der Waals surface area contributed by atoms with Gasteiger partial charge < -0.3 is 25.0 Å². The standard InChI is InChI=1S/C25H29NO5/c1-30-18-3-4-23(31-2)16(8-18)13-26-24(29)19-9-20(22(28)10-21(19)27)25-11-14-5-15(12-25)7-17(25)6-14/h3-4,8-10,14-15,17,27-28H,5-7,11-13H2,1-2H3,(H,26,29). The van der Waals surface area contributed by atoms with Crippen molar-refractivity contribution in [1.29, 1.82) is 0 Å². The quantitative estimate of drug-likeness (QED) is 0.650. The molecule has 2 aromatic carbocycles. The molecule has 31 heavy (non-hydrogen) atoms. The summed E-state index contributed by atoms with van der Waals surface area (Å²) < 4.78 is 10.6. The predicted octanol–water partition coefficient (Wildman–Crippen LogP) is 4.12. The van der Waals surface area contributed by atoms with Crippen LogP contribution in [-0.4, -0.2) is 30.3 Å². The molecule has 4 saturated carbocycles. The van der Waals surface area contributed by atoms with E-state index in [2.05, 4.69) is 5.32 Å². The monoisotopic (exact) mass is 423 g/mol. The van der Waals surface area contributed by atoms with Gasteiger partial charge in [-0.2, -0.15) is 0 Å². The Morgan fingerprint density at radius 1 is 1.03 bits per heavy atom. The van der Waals surface area contributed by atoms with Crippen LogP contribution in [0.3, 0.4) is 0 Å². The smallest absolute Gasteiger partial charge is 0.255 e. The summed E-state index contributed by atoms with van der Waals surface area (Å²) >= 11 is 0. The minimum Gasteiger partial charge on any atom is -0.508 e. The van der Waals surface area contributed by atoms with E-state index < -0.39 is 0 Å². The van der Waals surface area contributed by atoms with Crippen molar-refractivity contribution < 1.29 is 24.5 Å². The van der Waals surface area contributed by atoms with Crippen LogP contribution in [0, 0.1) is 17.8 Å². The number of hydrogen-bond donors (Lipinski definition) is 3. The molecule has 2 atom stereocenters. The van der Waals surface area contributed by atoms with Crippen LogP contribution in [0.15, 0.2) is 30.3 Å². The first-order valence-corrected chi connectivity index (χ1v) is 11.0. The third-order valence-corrected chi connectivity index (χ3v) is 7.81. The fourth-order valence-corrected chi connectivity index (χ4v) is 6.68. The van der Waals surface area contributed by atoms with Crippen molar-refractivity contribution in [3.63, 3.8) is 0 Å². The molecule has 2 unspecified atom stereocenters. The molecule has 1 amide bonds. The third-order valence-electron chi connectivity index (χ3n) is 7.81. The molecule has 164 valence electrons. The van der Waals surface area contributed by atoms with Gasteiger partial charge in [0.25, 0.3) is 5.91 Å². The van der Waals surface area contributed by atoms with E-state index in [9.17, 15) is 15.0 Å². The van der Waals surface area contributed by atoms with Gasteiger partial charge >= 0.3 is 0 Å². The molecule has 0 aliphatic heterocycles. The maximum atomic E-state index is 13.0. The minimum absolute atomic E-state index is 0.0452. The van der Waals surface area contributed by atoms with Gasteiger partial charge in [-0.25, -0.2) is 0 Å². The van der Waals surface area contributed by atoms with E-state index in [-0.39, 0.29) is 34.9 Å². The van der Waals surface area contributed by atoms with Crippen molar-refractivity contribution >= 4 is 5.91 Å². The van der Waals surface area contributed by atoms with Crippen molar-refractivity contribution in [3.05, 3.63) is 47.0 Å². The minimum atomic E-state index is -0.377. The number of hydrogen-bond acceptors (Lipinski definition) is 5. The van der Waals surface area contributed by atoms with E-state index in [1.54, 1.807) is 32.4 Å². The predicted molar refractivity (Wildman–Crippen MR) is 116 cm³/mol. The highest BCUT2D eigenvalue weighted by molar-refractivity contribution is 5.97. The Kier molecular flexibility index (Phi) is 4.76. The molecule has 0 spiro atoms. The molecule has 0 aromatic heterocycles. The number of amides is 1. The summed E-state index contributed by atoms with van der Waals surface area (Å²) in [6, 6.07) is 8.47. The second kappa shape index (κ2) is 7.36. The van der Waals surface area contributed by atoms with Gasteiger partial charge in [0.1, 0.15) is 23.0 Å². The molecule has 4 fully saturated rings. The number of phenolic OH excluding ortho intramolecular Hbond substituents is 2. The normalized spacial score (nSPS) is 28.0. The van der Waals surface area contributed by atoms with Crippen molar-refractivity contribution in [2.24, 2.45) is 17.8 Å². The first kappa shape index (κ1) is 20.0. The van der Waals surface area contributed by atoms with E-state index >= 15 is 0 Å². The largest absolute Gasteiger partial charge is 0.508 e. The fourth-order valence-electron chi connectivity index (χ4n) is 6.68. The SMILES string of the molecule is COc1ccc(OC)c(CNC(=O)c2cc(C34CC5CC(CC3C5)C4)c(O)cc2O)c1. The number of methoxy groups -OCH3 is 2. The number of carbonyl (C=O) groups is 1. The van der Waals surface area contributed by atoms with E-state index in [4.69, 9.17) is 9.47 Å². The number of benzene rings is 2. The number of nitrogens with one attached hydrogen (secondary N) is 1. The number of carbonyl (C=O) groups excluding carboxylic acids is 1. The topological polar surface area (TPSA) is 88.0 Å². The molecular weight excluding hydrogens is 394 g/mol. The number of ether oxygens (including phenoxy) is 2. The Morgan fingerprint density at radius 3 is 2.45 bits per heavy atom. The van der Waals surface area contributed by atoms with E-state index in [0.29, 0.717) is 17.4 Å². The maximum absolute atomic E-state index is 13.0. The van der Waals surface area contributed by atoms with E-state index in [1.807, 2.05) is 6.07 Å². The van der Waals surface area contributed by atoms with Crippen molar-refractivity contribution in [2.45, 2.75) is 44.1 Å². The number of rotatable bonds is 6. The molecule has 0 heterocycles. The van der Waals surface area contributed by atoms with Gasteiger partial charge in [0, 0.05) is 29.2 Å². The fraction of sp³-hybridized carbons (Fsp3) is 0.480. The first-order valence-electron chi connectivity index (χ1n) is 11.0. The van der Waals surface area contributed by atoms with Gasteiger partial charge in [0.15, 0.2) is 0 Å². The van der Waals surface area contributed by atoms with Gasteiger partial charge in [-0.05, 0) is 74.1 Å².